The Kier molecular flexibility index (Phi) is 4.30. The summed E-state index contributed by atoms with van der Waals surface area (Å²) in [6.07, 6.45) is 3.38. The van der Waals surface area contributed by atoms with Gasteiger partial charge in [-0.3, -0.25) is 0 Å². The second kappa shape index (κ2) is 6.37. The van der Waals surface area contributed by atoms with E-state index in [4.69, 9.17) is 4.74 Å². The van der Waals surface area contributed by atoms with Crippen LogP contribution < -0.4 is 4.74 Å². The fourth-order valence-electron chi connectivity index (χ4n) is 2.91. The Balaban J connectivity index is 2.08. The second-order valence-corrected chi connectivity index (χ2v) is 6.16. The van der Waals surface area contributed by atoms with Crippen LogP contribution in [0.15, 0.2) is 48.5 Å². The van der Waals surface area contributed by atoms with Gasteiger partial charge in [-0.2, -0.15) is 0 Å². The molecule has 2 aromatic carbocycles. The predicted molar refractivity (Wildman–Crippen MR) is 92.2 cm³/mol. The summed E-state index contributed by atoms with van der Waals surface area (Å²) in [4.78, 5) is 2.21. The molecule has 0 spiro atoms. The van der Waals surface area contributed by atoms with Gasteiger partial charge >= 0.3 is 0 Å². The average molecular weight is 293 g/mol. The van der Waals surface area contributed by atoms with Crippen LogP contribution in [0.2, 0.25) is 0 Å². The van der Waals surface area contributed by atoms with Gasteiger partial charge in [-0.25, -0.2) is 0 Å². The number of fused-ring (bicyclic) bond motifs is 2. The first kappa shape index (κ1) is 14.9. The van der Waals surface area contributed by atoms with Gasteiger partial charge in [-0.15, -0.1) is 0 Å². The Hall–Kier alpha value is -2.06. The van der Waals surface area contributed by atoms with Crippen LogP contribution in [-0.4, -0.2) is 25.5 Å². The van der Waals surface area contributed by atoms with Crippen molar-refractivity contribution in [3.63, 3.8) is 0 Å². The second-order valence-electron chi connectivity index (χ2n) is 6.16. The number of rotatable bonds is 3. The molecule has 0 amide bonds. The summed E-state index contributed by atoms with van der Waals surface area (Å²) in [5, 5.41) is 0. The highest BCUT2D eigenvalue weighted by Crippen LogP contribution is 2.37. The van der Waals surface area contributed by atoms with Crippen LogP contribution in [0.25, 0.3) is 5.57 Å². The Morgan fingerprint density at radius 3 is 2.73 bits per heavy atom. The smallest absolute Gasteiger partial charge is 0.127 e. The van der Waals surface area contributed by atoms with Crippen molar-refractivity contribution < 1.29 is 4.74 Å². The number of benzene rings is 2. The van der Waals surface area contributed by atoms with Crippen LogP contribution >= 0.6 is 0 Å². The molecule has 0 saturated carbocycles. The normalized spacial score (nSPS) is 15.2. The first-order chi connectivity index (χ1) is 10.6. The number of hydrogen-bond acceptors (Lipinski definition) is 2. The van der Waals surface area contributed by atoms with Gasteiger partial charge in [0.05, 0.1) is 0 Å². The zero-order valence-electron chi connectivity index (χ0n) is 13.6. The van der Waals surface area contributed by atoms with Crippen molar-refractivity contribution in [1.82, 2.24) is 4.90 Å². The molecule has 114 valence electrons. The van der Waals surface area contributed by atoms with E-state index in [1.165, 1.54) is 27.8 Å². The Morgan fingerprint density at radius 2 is 1.91 bits per heavy atom. The van der Waals surface area contributed by atoms with E-state index >= 15 is 0 Å². The minimum Gasteiger partial charge on any atom is -0.488 e. The molecule has 1 aliphatic heterocycles. The van der Waals surface area contributed by atoms with Crippen LogP contribution in [0.5, 0.6) is 5.75 Å². The minimum absolute atomic E-state index is 0.638. The molecule has 1 aliphatic rings. The SMILES string of the molecule is Cc1ccc2c(c1)COc1ccccc1C2=CCCN(C)C. The van der Waals surface area contributed by atoms with Crippen LogP contribution in [0.3, 0.4) is 0 Å². The molecule has 2 nitrogen and oxygen atoms in total. The Labute approximate surface area is 133 Å². The van der Waals surface area contributed by atoms with Crippen LogP contribution in [0, 0.1) is 6.92 Å². The predicted octanol–water partition coefficient (Wildman–Crippen LogP) is 4.27. The van der Waals surface area contributed by atoms with Gasteiger partial charge in [0.25, 0.3) is 0 Å². The lowest BCUT2D eigenvalue weighted by Gasteiger charge is -2.12. The van der Waals surface area contributed by atoms with Gasteiger partial charge in [-0.1, -0.05) is 48.0 Å². The molecule has 0 N–H and O–H groups in total. The van der Waals surface area contributed by atoms with Gasteiger partial charge in [-0.05, 0) is 50.2 Å². The first-order valence-corrected chi connectivity index (χ1v) is 7.82. The van der Waals surface area contributed by atoms with Crippen molar-refractivity contribution >= 4 is 5.57 Å². The largest absolute Gasteiger partial charge is 0.488 e. The summed E-state index contributed by atoms with van der Waals surface area (Å²) in [7, 11) is 4.22. The molecule has 22 heavy (non-hydrogen) atoms. The maximum Gasteiger partial charge on any atom is 0.127 e. The van der Waals surface area contributed by atoms with Crippen LogP contribution in [0.4, 0.5) is 0 Å². The van der Waals surface area contributed by atoms with Crippen LogP contribution in [-0.2, 0) is 6.61 Å². The van der Waals surface area contributed by atoms with E-state index in [1.54, 1.807) is 0 Å². The molecule has 0 unspecified atom stereocenters. The highest BCUT2D eigenvalue weighted by molar-refractivity contribution is 5.85. The van der Waals surface area contributed by atoms with E-state index in [-0.39, 0.29) is 0 Å². The van der Waals surface area contributed by atoms with E-state index in [9.17, 15) is 0 Å². The lowest BCUT2D eigenvalue weighted by molar-refractivity contribution is 0.307. The summed E-state index contributed by atoms with van der Waals surface area (Å²) in [5.74, 6) is 0.979. The summed E-state index contributed by atoms with van der Waals surface area (Å²) in [5.41, 5.74) is 6.34. The molecule has 0 bridgehead atoms. The topological polar surface area (TPSA) is 12.5 Å². The van der Waals surface area contributed by atoms with Gasteiger partial charge in [0.15, 0.2) is 0 Å². The summed E-state index contributed by atoms with van der Waals surface area (Å²) < 4.78 is 6.04. The summed E-state index contributed by atoms with van der Waals surface area (Å²) >= 11 is 0. The average Bonchev–Trinajstić information content (AvgIpc) is 2.64. The van der Waals surface area contributed by atoms with Crippen molar-refractivity contribution in [3.05, 3.63) is 70.8 Å². The first-order valence-electron chi connectivity index (χ1n) is 7.82. The fraction of sp³-hybridized carbons (Fsp3) is 0.300. The third kappa shape index (κ3) is 3.07. The van der Waals surface area contributed by atoms with Crippen molar-refractivity contribution in [2.45, 2.75) is 20.0 Å². The zero-order chi connectivity index (χ0) is 15.5. The van der Waals surface area contributed by atoms with Gasteiger partial charge in [0, 0.05) is 12.1 Å². The van der Waals surface area contributed by atoms with Crippen molar-refractivity contribution in [2.24, 2.45) is 0 Å². The number of aryl methyl sites for hydroxylation is 1. The third-order valence-electron chi connectivity index (χ3n) is 4.04. The van der Waals surface area contributed by atoms with E-state index in [1.807, 2.05) is 6.07 Å². The van der Waals surface area contributed by atoms with Crippen LogP contribution in [0.1, 0.15) is 28.7 Å². The molecule has 2 aromatic rings. The van der Waals surface area contributed by atoms with E-state index in [2.05, 4.69) is 68.4 Å². The zero-order valence-corrected chi connectivity index (χ0v) is 13.6. The molecule has 0 fully saturated rings. The van der Waals surface area contributed by atoms with Crippen molar-refractivity contribution in [1.29, 1.82) is 0 Å². The molecule has 0 aromatic heterocycles. The van der Waals surface area contributed by atoms with Gasteiger partial charge in [0.2, 0.25) is 0 Å². The minimum atomic E-state index is 0.638. The number of hydrogen-bond donors (Lipinski definition) is 0. The maximum absolute atomic E-state index is 6.04. The molecular weight excluding hydrogens is 270 g/mol. The van der Waals surface area contributed by atoms with Crippen molar-refractivity contribution in [2.75, 3.05) is 20.6 Å². The maximum atomic E-state index is 6.04. The van der Waals surface area contributed by atoms with E-state index in [0.29, 0.717) is 6.61 Å². The Bertz CT molecular complexity index is 701. The number of nitrogens with zero attached hydrogens (tertiary/aromatic N) is 1. The standard InChI is InChI=1S/C20H23NO/c1-15-10-11-17-16(13-15)14-22-20-9-5-4-7-19(20)18(17)8-6-12-21(2)3/h4-5,7-11,13H,6,12,14H2,1-3H3. The lowest BCUT2D eigenvalue weighted by atomic mass is 9.92. The van der Waals surface area contributed by atoms with Crippen molar-refractivity contribution in [3.8, 4) is 5.75 Å². The Morgan fingerprint density at radius 1 is 1.09 bits per heavy atom. The highest BCUT2D eigenvalue weighted by Gasteiger charge is 2.18. The summed E-state index contributed by atoms with van der Waals surface area (Å²) in [6.45, 7) is 3.82. The number of ether oxygens (including phenoxy) is 1. The summed E-state index contributed by atoms with van der Waals surface area (Å²) in [6, 6.07) is 15.0. The molecule has 3 rings (SSSR count). The quantitative estimate of drug-likeness (QED) is 0.838. The molecule has 0 saturated heterocycles. The molecular formula is C20H23NO. The van der Waals surface area contributed by atoms with E-state index in [0.717, 1.165) is 18.7 Å². The molecule has 0 atom stereocenters. The van der Waals surface area contributed by atoms with Gasteiger partial charge < -0.3 is 9.64 Å². The fourth-order valence-corrected chi connectivity index (χ4v) is 2.91. The highest BCUT2D eigenvalue weighted by atomic mass is 16.5. The molecule has 1 heterocycles. The van der Waals surface area contributed by atoms with E-state index < -0.39 is 0 Å². The van der Waals surface area contributed by atoms with Gasteiger partial charge in [0.1, 0.15) is 12.4 Å². The third-order valence-corrected chi connectivity index (χ3v) is 4.04. The molecule has 0 radical (unpaired) electrons. The lowest BCUT2D eigenvalue weighted by Crippen LogP contribution is -2.12. The number of para-hydroxylation sites is 1. The molecule has 2 heteroatoms. The monoisotopic (exact) mass is 293 g/mol. The molecule has 0 aliphatic carbocycles.